The Morgan fingerprint density at radius 2 is 1.38 bits per heavy atom. The molecule has 7 nitrogen and oxygen atoms in total. The average molecular weight is 592 g/mol. The number of allylic oxidation sites excluding steroid dienone is 2. The zero-order chi connectivity index (χ0) is 24.5. The van der Waals surface area contributed by atoms with E-state index in [1.807, 2.05) is 0 Å². The predicted octanol–water partition coefficient (Wildman–Crippen LogP) is 4.55. The summed E-state index contributed by atoms with van der Waals surface area (Å²) in [6.07, 6.45) is 5.33. The van der Waals surface area contributed by atoms with Crippen LogP contribution in [0.5, 0.6) is 0 Å². The van der Waals surface area contributed by atoms with Crippen molar-refractivity contribution >= 4 is 49.8 Å². The Morgan fingerprint density at radius 3 is 1.91 bits per heavy atom. The van der Waals surface area contributed by atoms with Crippen LogP contribution >= 0.6 is 31.9 Å². The van der Waals surface area contributed by atoms with Crippen LogP contribution in [0.4, 0.5) is 0 Å². The molecule has 1 fully saturated rings. The van der Waals surface area contributed by atoms with Gasteiger partial charge in [0.2, 0.25) is 0 Å². The van der Waals surface area contributed by atoms with Crippen molar-refractivity contribution in [2.75, 3.05) is 13.2 Å². The minimum atomic E-state index is -1.18. The molecule has 0 spiro atoms. The molecule has 2 aromatic carbocycles. The van der Waals surface area contributed by atoms with Gasteiger partial charge in [-0.05, 0) is 72.8 Å². The van der Waals surface area contributed by atoms with Gasteiger partial charge in [-0.1, -0.05) is 37.9 Å². The topological polar surface area (TPSA) is 99.1 Å². The Morgan fingerprint density at radius 1 is 0.882 bits per heavy atom. The van der Waals surface area contributed by atoms with Crippen molar-refractivity contribution in [3.8, 4) is 0 Å². The Labute approximate surface area is 213 Å². The van der Waals surface area contributed by atoms with Gasteiger partial charge >= 0.3 is 17.9 Å². The quantitative estimate of drug-likeness (QED) is 0.208. The van der Waals surface area contributed by atoms with Gasteiger partial charge < -0.3 is 19.3 Å². The third-order valence-electron chi connectivity index (χ3n) is 4.63. The molecule has 3 rings (SSSR count). The first kappa shape index (κ1) is 25.6. The van der Waals surface area contributed by atoms with Gasteiger partial charge in [0, 0.05) is 8.95 Å². The SMILES string of the molecule is O=C1O[C@H](/C=C/COC(=O)c2ccc(Br)cc2)[C@@H](O)/C1=C\C=C\COC(=O)c1ccc(Br)cc1. The molecule has 1 heterocycles. The van der Waals surface area contributed by atoms with Gasteiger partial charge in [-0.2, -0.15) is 0 Å². The molecule has 0 saturated carbocycles. The summed E-state index contributed by atoms with van der Waals surface area (Å²) in [6, 6.07) is 13.5. The average Bonchev–Trinajstić information content (AvgIpc) is 3.09. The summed E-state index contributed by atoms with van der Waals surface area (Å²) in [4.78, 5) is 36.0. The normalized spacial score (nSPS) is 19.0. The fourth-order valence-electron chi connectivity index (χ4n) is 2.87. The second-order valence-corrected chi connectivity index (χ2v) is 8.84. The number of cyclic esters (lactones) is 1. The van der Waals surface area contributed by atoms with Gasteiger partial charge in [0.15, 0.2) is 6.10 Å². The molecule has 0 bridgehead atoms. The summed E-state index contributed by atoms with van der Waals surface area (Å²) >= 11 is 6.59. The molecule has 0 unspecified atom stereocenters. The van der Waals surface area contributed by atoms with Crippen LogP contribution in [0.2, 0.25) is 0 Å². The van der Waals surface area contributed by atoms with Crippen molar-refractivity contribution < 1.29 is 33.7 Å². The fourth-order valence-corrected chi connectivity index (χ4v) is 3.40. The Balaban J connectivity index is 1.45. The lowest BCUT2D eigenvalue weighted by molar-refractivity contribution is -0.137. The van der Waals surface area contributed by atoms with E-state index in [1.165, 1.54) is 30.4 Å². The first-order valence-corrected chi connectivity index (χ1v) is 11.7. The minimum absolute atomic E-state index is 0.00309. The summed E-state index contributed by atoms with van der Waals surface area (Å²) < 4.78 is 17.1. The van der Waals surface area contributed by atoms with E-state index in [-0.39, 0.29) is 18.8 Å². The maximum atomic E-state index is 12.0. The highest BCUT2D eigenvalue weighted by Gasteiger charge is 2.36. The summed E-state index contributed by atoms with van der Waals surface area (Å²) in [6.45, 7) is -0.0464. The molecule has 0 aliphatic carbocycles. The largest absolute Gasteiger partial charge is 0.458 e. The van der Waals surface area contributed by atoms with Crippen LogP contribution < -0.4 is 0 Å². The zero-order valence-electron chi connectivity index (χ0n) is 17.7. The third-order valence-corrected chi connectivity index (χ3v) is 5.68. The molecule has 0 radical (unpaired) electrons. The molecule has 0 aromatic heterocycles. The van der Waals surface area contributed by atoms with E-state index in [0.29, 0.717) is 11.1 Å². The van der Waals surface area contributed by atoms with E-state index in [9.17, 15) is 19.5 Å². The first-order valence-electron chi connectivity index (χ1n) is 10.1. The van der Waals surface area contributed by atoms with Crippen LogP contribution in [0.3, 0.4) is 0 Å². The highest BCUT2D eigenvalue weighted by atomic mass is 79.9. The maximum Gasteiger partial charge on any atom is 0.338 e. The van der Waals surface area contributed by atoms with Crippen LogP contribution in [0.1, 0.15) is 20.7 Å². The van der Waals surface area contributed by atoms with Crippen molar-refractivity contribution in [1.82, 2.24) is 0 Å². The van der Waals surface area contributed by atoms with Crippen molar-refractivity contribution in [3.05, 3.63) is 105 Å². The van der Waals surface area contributed by atoms with Crippen molar-refractivity contribution in [3.63, 3.8) is 0 Å². The number of ether oxygens (including phenoxy) is 3. The van der Waals surface area contributed by atoms with Crippen LogP contribution in [-0.4, -0.2) is 48.4 Å². The molecule has 0 amide bonds. The lowest BCUT2D eigenvalue weighted by Gasteiger charge is -2.07. The van der Waals surface area contributed by atoms with Crippen LogP contribution in [0.25, 0.3) is 0 Å². The van der Waals surface area contributed by atoms with E-state index in [0.717, 1.165) is 8.95 Å². The van der Waals surface area contributed by atoms with Gasteiger partial charge in [-0.15, -0.1) is 0 Å². The molecule has 1 aliphatic heterocycles. The number of hydrogen-bond acceptors (Lipinski definition) is 7. The highest BCUT2D eigenvalue weighted by Crippen LogP contribution is 2.22. The molecule has 2 aromatic rings. The molecular formula is C25H20Br2O7. The summed E-state index contributed by atoms with van der Waals surface area (Å²) in [5.74, 6) is -1.63. The molecule has 9 heteroatoms. The lowest BCUT2D eigenvalue weighted by atomic mass is 10.1. The number of hydrogen-bond donors (Lipinski definition) is 1. The number of carbonyl (C=O) groups is 3. The number of aliphatic hydroxyl groups excluding tert-OH is 1. The summed E-state index contributed by atoms with van der Waals surface area (Å²) in [7, 11) is 0. The minimum Gasteiger partial charge on any atom is -0.458 e. The number of carbonyl (C=O) groups excluding carboxylic acids is 3. The molecular weight excluding hydrogens is 572 g/mol. The van der Waals surface area contributed by atoms with E-state index in [4.69, 9.17) is 14.2 Å². The second kappa shape index (κ2) is 12.5. The number of halogens is 2. The standard InChI is InChI=1S/C25H20Br2O7/c26-18-10-6-16(7-11-18)23(29)32-14-2-1-4-20-22(28)21(34-25(20)31)5-3-15-33-24(30)17-8-12-19(27)13-9-17/h1-13,21-22,28H,14-15H2/b2-1+,5-3+,20-4+/t21-,22+/m1/s1. The number of benzene rings is 2. The molecule has 1 N–H and O–H groups in total. The third kappa shape index (κ3) is 7.24. The molecule has 1 saturated heterocycles. The van der Waals surface area contributed by atoms with Gasteiger partial charge in [-0.3, -0.25) is 0 Å². The number of rotatable bonds is 8. The van der Waals surface area contributed by atoms with Crippen LogP contribution in [0, 0.1) is 0 Å². The fraction of sp³-hybridized carbons (Fsp3) is 0.160. The molecule has 2 atom stereocenters. The summed E-state index contributed by atoms with van der Waals surface area (Å²) in [5, 5.41) is 10.3. The molecule has 34 heavy (non-hydrogen) atoms. The lowest BCUT2D eigenvalue weighted by Crippen LogP contribution is -2.19. The molecule has 1 aliphatic rings. The monoisotopic (exact) mass is 590 g/mol. The van der Waals surface area contributed by atoms with Gasteiger partial charge in [0.1, 0.15) is 19.3 Å². The van der Waals surface area contributed by atoms with Crippen molar-refractivity contribution in [1.29, 1.82) is 0 Å². The van der Waals surface area contributed by atoms with E-state index in [2.05, 4.69) is 31.9 Å². The van der Waals surface area contributed by atoms with E-state index < -0.39 is 30.1 Å². The molecule has 176 valence electrons. The highest BCUT2D eigenvalue weighted by molar-refractivity contribution is 9.10. The Kier molecular flexibility index (Phi) is 9.38. The van der Waals surface area contributed by atoms with E-state index >= 15 is 0 Å². The Hall–Kier alpha value is -3.01. The maximum absolute atomic E-state index is 12.0. The van der Waals surface area contributed by atoms with Crippen LogP contribution in [-0.2, 0) is 19.0 Å². The Bertz CT molecular complexity index is 1120. The van der Waals surface area contributed by atoms with Crippen LogP contribution in [0.15, 0.2) is 93.4 Å². The van der Waals surface area contributed by atoms with E-state index in [1.54, 1.807) is 48.5 Å². The predicted molar refractivity (Wildman–Crippen MR) is 131 cm³/mol. The van der Waals surface area contributed by atoms with Gasteiger partial charge in [-0.25, -0.2) is 14.4 Å². The second-order valence-electron chi connectivity index (χ2n) is 7.00. The smallest absolute Gasteiger partial charge is 0.338 e. The number of aliphatic hydroxyl groups is 1. The number of esters is 3. The zero-order valence-corrected chi connectivity index (χ0v) is 20.9. The summed E-state index contributed by atoms with van der Waals surface area (Å²) in [5.41, 5.74) is 0.891. The first-order chi connectivity index (χ1) is 16.3. The van der Waals surface area contributed by atoms with Gasteiger partial charge in [0.05, 0.1) is 16.7 Å². The van der Waals surface area contributed by atoms with Crippen molar-refractivity contribution in [2.45, 2.75) is 12.2 Å². The van der Waals surface area contributed by atoms with Gasteiger partial charge in [0.25, 0.3) is 0 Å². The van der Waals surface area contributed by atoms with Crippen molar-refractivity contribution in [2.24, 2.45) is 0 Å².